The topological polar surface area (TPSA) is 20.2 Å². The second-order valence-electron chi connectivity index (χ2n) is 2.93. The molecule has 1 rings (SSSR count). The first kappa shape index (κ1) is 15.6. The molecule has 0 saturated heterocycles. The van der Waals surface area contributed by atoms with E-state index in [9.17, 15) is 5.11 Å². The Morgan fingerprint density at radius 2 is 1.21 bits per heavy atom. The van der Waals surface area contributed by atoms with E-state index in [2.05, 4.69) is 0 Å². The first-order valence-corrected chi connectivity index (χ1v) is 5.38. The summed E-state index contributed by atoms with van der Waals surface area (Å²) in [6.07, 6.45) is 0. The maximum atomic E-state index is 9.49. The second-order valence-corrected chi connectivity index (χ2v) is 2.93. The lowest BCUT2D eigenvalue weighted by molar-refractivity contribution is 0.0786. The molecule has 0 radical (unpaired) electrons. The van der Waals surface area contributed by atoms with Crippen LogP contribution in [-0.2, 0) is 5.60 Å². The van der Waals surface area contributed by atoms with Crippen molar-refractivity contribution in [3.05, 3.63) is 35.9 Å². The zero-order valence-electron chi connectivity index (χ0n) is 10.3. The van der Waals surface area contributed by atoms with E-state index in [1.165, 1.54) is 0 Å². The average molecular weight is 196 g/mol. The molecule has 0 saturated carbocycles. The molecule has 0 amide bonds. The van der Waals surface area contributed by atoms with Crippen LogP contribution in [0.4, 0.5) is 0 Å². The van der Waals surface area contributed by atoms with Crippen LogP contribution in [0.15, 0.2) is 30.3 Å². The van der Waals surface area contributed by atoms with Crippen molar-refractivity contribution in [1.29, 1.82) is 0 Å². The van der Waals surface area contributed by atoms with Gasteiger partial charge in [-0.2, -0.15) is 0 Å². The summed E-state index contributed by atoms with van der Waals surface area (Å²) in [7, 11) is 0. The summed E-state index contributed by atoms with van der Waals surface area (Å²) in [6.45, 7) is 11.6. The molecule has 0 aliphatic heterocycles. The van der Waals surface area contributed by atoms with Crippen LogP contribution in [0.3, 0.4) is 0 Å². The zero-order chi connectivity index (χ0) is 11.6. The Balaban J connectivity index is 0. The smallest absolute Gasteiger partial charge is 0.0840 e. The second kappa shape index (κ2) is 8.76. The van der Waals surface area contributed by atoms with Gasteiger partial charge in [-0.15, -0.1) is 0 Å². The third kappa shape index (κ3) is 6.67. The molecule has 0 atom stereocenters. The van der Waals surface area contributed by atoms with E-state index in [1.54, 1.807) is 13.8 Å². The maximum absolute atomic E-state index is 9.49. The van der Waals surface area contributed by atoms with Crippen molar-refractivity contribution in [3.63, 3.8) is 0 Å². The molecule has 0 aromatic heterocycles. The fourth-order valence-corrected chi connectivity index (χ4v) is 0.846. The quantitative estimate of drug-likeness (QED) is 0.720. The van der Waals surface area contributed by atoms with Gasteiger partial charge in [0.25, 0.3) is 0 Å². The molecule has 0 fully saturated rings. The average Bonchev–Trinajstić information content (AvgIpc) is 2.24. The number of aliphatic hydroxyl groups is 1. The molecular weight excluding hydrogens is 172 g/mol. The molecule has 1 nitrogen and oxygen atoms in total. The number of rotatable bonds is 1. The zero-order valence-corrected chi connectivity index (χ0v) is 10.3. The molecular formula is C13H24O. The van der Waals surface area contributed by atoms with E-state index in [0.29, 0.717) is 0 Å². The van der Waals surface area contributed by atoms with Crippen molar-refractivity contribution in [2.24, 2.45) is 0 Å². The van der Waals surface area contributed by atoms with Gasteiger partial charge in [0.2, 0.25) is 0 Å². The number of hydrogen-bond donors (Lipinski definition) is 1. The van der Waals surface area contributed by atoms with Crippen LogP contribution in [0.1, 0.15) is 47.1 Å². The Kier molecular flexibility index (Phi) is 9.79. The van der Waals surface area contributed by atoms with Gasteiger partial charge in [0.1, 0.15) is 0 Å². The van der Waals surface area contributed by atoms with Crippen LogP contribution >= 0.6 is 0 Å². The van der Waals surface area contributed by atoms with E-state index in [0.717, 1.165) is 5.56 Å². The Morgan fingerprint density at radius 1 is 0.857 bits per heavy atom. The van der Waals surface area contributed by atoms with Crippen molar-refractivity contribution < 1.29 is 5.11 Å². The fraction of sp³-hybridized carbons (Fsp3) is 0.538. The summed E-state index contributed by atoms with van der Waals surface area (Å²) in [4.78, 5) is 0. The highest BCUT2D eigenvalue weighted by Gasteiger charge is 2.13. The molecule has 14 heavy (non-hydrogen) atoms. The summed E-state index contributed by atoms with van der Waals surface area (Å²) in [6, 6.07) is 9.62. The van der Waals surface area contributed by atoms with Gasteiger partial charge in [-0.25, -0.2) is 0 Å². The molecule has 0 unspecified atom stereocenters. The van der Waals surface area contributed by atoms with Crippen molar-refractivity contribution >= 4 is 0 Å². The largest absolute Gasteiger partial charge is 0.386 e. The minimum atomic E-state index is -0.707. The van der Waals surface area contributed by atoms with Crippen LogP contribution in [-0.4, -0.2) is 5.11 Å². The predicted molar refractivity (Wildman–Crippen MR) is 64.4 cm³/mol. The van der Waals surface area contributed by atoms with Gasteiger partial charge in [-0.05, 0) is 19.4 Å². The van der Waals surface area contributed by atoms with Crippen LogP contribution in [0, 0.1) is 0 Å². The summed E-state index contributed by atoms with van der Waals surface area (Å²) in [5.74, 6) is 0. The van der Waals surface area contributed by atoms with Gasteiger partial charge in [-0.1, -0.05) is 58.0 Å². The lowest BCUT2D eigenvalue weighted by Gasteiger charge is -2.16. The molecule has 0 bridgehead atoms. The normalized spacial score (nSPS) is 9.07. The molecule has 82 valence electrons. The third-order valence-electron chi connectivity index (χ3n) is 1.48. The lowest BCUT2D eigenvalue weighted by Crippen LogP contribution is -2.14. The summed E-state index contributed by atoms with van der Waals surface area (Å²) in [5.41, 5.74) is 0.247. The Morgan fingerprint density at radius 3 is 1.43 bits per heavy atom. The van der Waals surface area contributed by atoms with Gasteiger partial charge in [0, 0.05) is 0 Å². The van der Waals surface area contributed by atoms with E-state index in [1.807, 2.05) is 58.0 Å². The minimum absolute atomic E-state index is 0.707. The Hall–Kier alpha value is -0.820. The monoisotopic (exact) mass is 196 g/mol. The van der Waals surface area contributed by atoms with Gasteiger partial charge >= 0.3 is 0 Å². The van der Waals surface area contributed by atoms with E-state index < -0.39 is 5.60 Å². The molecule has 0 aliphatic rings. The highest BCUT2D eigenvalue weighted by Crippen LogP contribution is 2.17. The van der Waals surface area contributed by atoms with Crippen LogP contribution in [0.5, 0.6) is 0 Å². The lowest BCUT2D eigenvalue weighted by atomic mass is 9.99. The number of hydrogen-bond acceptors (Lipinski definition) is 1. The van der Waals surface area contributed by atoms with E-state index in [4.69, 9.17) is 0 Å². The molecule has 1 heteroatoms. The van der Waals surface area contributed by atoms with Gasteiger partial charge < -0.3 is 5.11 Å². The first-order valence-electron chi connectivity index (χ1n) is 5.38. The van der Waals surface area contributed by atoms with Gasteiger partial charge in [0.05, 0.1) is 5.60 Å². The van der Waals surface area contributed by atoms with Crippen LogP contribution in [0.25, 0.3) is 0 Å². The fourth-order valence-electron chi connectivity index (χ4n) is 0.846. The predicted octanol–water partition coefficient (Wildman–Crippen LogP) is 3.97. The van der Waals surface area contributed by atoms with Gasteiger partial charge in [0.15, 0.2) is 0 Å². The standard InChI is InChI=1S/C9H12O.2C2H6/c1-9(2,10)8-6-4-3-5-7-8;2*1-2/h3-7,10H,1-2H3;2*1-2H3. The third-order valence-corrected chi connectivity index (χ3v) is 1.48. The molecule has 1 aromatic rings. The van der Waals surface area contributed by atoms with Crippen LogP contribution in [0.2, 0.25) is 0 Å². The van der Waals surface area contributed by atoms with E-state index >= 15 is 0 Å². The van der Waals surface area contributed by atoms with E-state index in [-0.39, 0.29) is 0 Å². The Labute approximate surface area is 88.8 Å². The number of benzene rings is 1. The van der Waals surface area contributed by atoms with Crippen molar-refractivity contribution in [2.75, 3.05) is 0 Å². The summed E-state index contributed by atoms with van der Waals surface area (Å²) < 4.78 is 0. The van der Waals surface area contributed by atoms with Crippen molar-refractivity contribution in [3.8, 4) is 0 Å². The SMILES string of the molecule is CC.CC.CC(C)(O)c1ccccc1. The highest BCUT2D eigenvalue weighted by atomic mass is 16.3. The summed E-state index contributed by atoms with van der Waals surface area (Å²) in [5, 5.41) is 9.49. The van der Waals surface area contributed by atoms with Crippen LogP contribution < -0.4 is 0 Å². The highest BCUT2D eigenvalue weighted by molar-refractivity contribution is 5.20. The van der Waals surface area contributed by atoms with Crippen molar-refractivity contribution in [2.45, 2.75) is 47.1 Å². The Bertz CT molecular complexity index is 196. The summed E-state index contributed by atoms with van der Waals surface area (Å²) >= 11 is 0. The van der Waals surface area contributed by atoms with Crippen molar-refractivity contribution in [1.82, 2.24) is 0 Å². The molecule has 0 aliphatic carbocycles. The first-order chi connectivity index (χ1) is 6.61. The molecule has 1 N–H and O–H groups in total. The molecule has 0 heterocycles. The minimum Gasteiger partial charge on any atom is -0.386 e. The molecule has 0 spiro atoms. The molecule has 1 aromatic carbocycles. The maximum Gasteiger partial charge on any atom is 0.0840 e. The van der Waals surface area contributed by atoms with Gasteiger partial charge in [-0.3, -0.25) is 0 Å².